The molecule has 102 valence electrons. The molecule has 1 atom stereocenters. The van der Waals surface area contributed by atoms with Crippen molar-refractivity contribution < 1.29 is 4.79 Å². The predicted molar refractivity (Wildman–Crippen MR) is 70.7 cm³/mol. The summed E-state index contributed by atoms with van der Waals surface area (Å²) in [6, 6.07) is -0.434. The van der Waals surface area contributed by atoms with Crippen molar-refractivity contribution in [3.05, 3.63) is 0 Å². The summed E-state index contributed by atoms with van der Waals surface area (Å²) in [7, 11) is 0. The molecule has 18 heavy (non-hydrogen) atoms. The summed E-state index contributed by atoms with van der Waals surface area (Å²) in [5, 5.41) is 2.95. The maximum atomic E-state index is 11.3. The second-order valence-corrected chi connectivity index (χ2v) is 7.07. The molecule has 0 heterocycles. The highest BCUT2D eigenvalue weighted by atomic mass is 16.2. The molecule has 0 saturated heterocycles. The van der Waals surface area contributed by atoms with Gasteiger partial charge in [-0.3, -0.25) is 0 Å². The fourth-order valence-corrected chi connectivity index (χ4v) is 5.52. The van der Waals surface area contributed by atoms with Gasteiger partial charge >= 0.3 is 6.03 Å². The van der Waals surface area contributed by atoms with Crippen LogP contribution < -0.4 is 16.8 Å². The number of hydrogen-bond donors (Lipinski definition) is 3. The first-order chi connectivity index (χ1) is 8.51. The molecule has 0 aromatic heterocycles. The monoisotopic (exact) mass is 251 g/mol. The van der Waals surface area contributed by atoms with Crippen molar-refractivity contribution in [3.63, 3.8) is 0 Å². The van der Waals surface area contributed by atoms with E-state index in [2.05, 4.69) is 12.2 Å². The van der Waals surface area contributed by atoms with E-state index in [9.17, 15) is 4.79 Å². The smallest absolute Gasteiger partial charge is 0.312 e. The van der Waals surface area contributed by atoms with Gasteiger partial charge in [-0.1, -0.05) is 0 Å². The lowest BCUT2D eigenvalue weighted by atomic mass is 9.48. The number of nitrogens with one attached hydrogen (secondary N) is 1. The third-order valence-corrected chi connectivity index (χ3v) is 5.80. The molecule has 4 bridgehead atoms. The Morgan fingerprint density at radius 3 is 2.06 bits per heavy atom. The van der Waals surface area contributed by atoms with Gasteiger partial charge < -0.3 is 16.8 Å². The van der Waals surface area contributed by atoms with Crippen LogP contribution in [0.5, 0.6) is 0 Å². The maximum Gasteiger partial charge on any atom is 0.312 e. The highest BCUT2D eigenvalue weighted by Gasteiger charge is 2.54. The van der Waals surface area contributed by atoms with Crippen LogP contribution in [0.1, 0.15) is 39.0 Å². The van der Waals surface area contributed by atoms with E-state index >= 15 is 0 Å². The van der Waals surface area contributed by atoms with Crippen LogP contribution in [-0.2, 0) is 0 Å². The molecule has 0 aromatic rings. The second-order valence-electron chi connectivity index (χ2n) is 7.07. The van der Waals surface area contributed by atoms with E-state index in [0.717, 1.165) is 23.7 Å². The first-order valence-corrected chi connectivity index (χ1v) is 7.29. The minimum Gasteiger partial charge on any atom is -0.352 e. The van der Waals surface area contributed by atoms with Gasteiger partial charge in [0.05, 0.1) is 5.54 Å². The van der Waals surface area contributed by atoms with Crippen molar-refractivity contribution in [2.24, 2.45) is 41.1 Å². The third kappa shape index (κ3) is 1.81. The molecule has 4 saturated carbocycles. The summed E-state index contributed by atoms with van der Waals surface area (Å²) < 4.78 is 0. The van der Waals surface area contributed by atoms with Crippen LogP contribution in [0.4, 0.5) is 4.79 Å². The molecular formula is C14H25N3O. The lowest BCUT2D eigenvalue weighted by molar-refractivity contribution is -0.0694. The molecule has 4 fully saturated rings. The van der Waals surface area contributed by atoms with E-state index < -0.39 is 6.03 Å². The molecule has 4 rings (SSSR count). The number of primary amides is 1. The summed E-state index contributed by atoms with van der Waals surface area (Å²) in [4.78, 5) is 11.3. The molecule has 4 heteroatoms. The van der Waals surface area contributed by atoms with Crippen molar-refractivity contribution in [2.45, 2.75) is 44.6 Å². The van der Waals surface area contributed by atoms with Gasteiger partial charge in [0, 0.05) is 6.54 Å². The summed E-state index contributed by atoms with van der Waals surface area (Å²) in [6.45, 7) is 2.58. The first kappa shape index (κ1) is 12.3. The van der Waals surface area contributed by atoms with Crippen LogP contribution in [-0.4, -0.2) is 18.1 Å². The van der Waals surface area contributed by atoms with Gasteiger partial charge in [0.25, 0.3) is 0 Å². The zero-order chi connectivity index (χ0) is 12.9. The Bertz CT molecular complexity index is 329. The van der Waals surface area contributed by atoms with Gasteiger partial charge in [-0.25, -0.2) is 4.79 Å². The topological polar surface area (TPSA) is 81.1 Å². The second kappa shape index (κ2) is 4.12. The fraction of sp³-hybridized carbons (Fsp3) is 0.929. The third-order valence-electron chi connectivity index (χ3n) is 5.80. The summed E-state index contributed by atoms with van der Waals surface area (Å²) >= 11 is 0. The van der Waals surface area contributed by atoms with E-state index in [1.54, 1.807) is 0 Å². The number of amides is 2. The predicted octanol–water partition coefficient (Wildman–Crippen LogP) is 1.44. The maximum absolute atomic E-state index is 11.3. The molecule has 0 spiro atoms. The molecule has 0 aliphatic heterocycles. The van der Waals surface area contributed by atoms with E-state index in [1.165, 1.54) is 32.1 Å². The van der Waals surface area contributed by atoms with Gasteiger partial charge in [-0.05, 0) is 68.6 Å². The summed E-state index contributed by atoms with van der Waals surface area (Å²) in [5.41, 5.74) is 11.0. The van der Waals surface area contributed by atoms with Crippen molar-refractivity contribution in [2.75, 3.05) is 6.54 Å². The number of rotatable bonds is 3. The van der Waals surface area contributed by atoms with Crippen molar-refractivity contribution in [1.29, 1.82) is 0 Å². The average Bonchev–Trinajstić information content (AvgIpc) is 2.26. The van der Waals surface area contributed by atoms with Gasteiger partial charge in [0.15, 0.2) is 0 Å². The Labute approximate surface area is 109 Å². The molecule has 0 radical (unpaired) electrons. The lowest BCUT2D eigenvalue weighted by Crippen LogP contribution is -2.64. The molecule has 0 aromatic carbocycles. The van der Waals surface area contributed by atoms with Crippen LogP contribution in [0.3, 0.4) is 0 Å². The molecular weight excluding hydrogens is 226 g/mol. The summed E-state index contributed by atoms with van der Waals surface area (Å²) in [6.07, 6.45) is 6.81. The Morgan fingerprint density at radius 1 is 1.17 bits per heavy atom. The summed E-state index contributed by atoms with van der Waals surface area (Å²) in [5.74, 6) is 3.92. The average molecular weight is 251 g/mol. The normalized spacial score (nSPS) is 44.7. The van der Waals surface area contributed by atoms with Gasteiger partial charge in [-0.2, -0.15) is 0 Å². The van der Waals surface area contributed by atoms with E-state index in [0.29, 0.717) is 12.5 Å². The largest absolute Gasteiger partial charge is 0.352 e. The Balaban J connectivity index is 1.84. The SMILES string of the molecule is CC(CN)(NC(N)=O)C1C2CC3CC(C2)CC1C3. The van der Waals surface area contributed by atoms with Gasteiger partial charge in [0.2, 0.25) is 0 Å². The Hall–Kier alpha value is -0.770. The van der Waals surface area contributed by atoms with E-state index in [-0.39, 0.29) is 5.54 Å². The molecule has 4 aliphatic carbocycles. The highest BCUT2D eigenvalue weighted by Crippen LogP contribution is 2.58. The number of hydrogen-bond acceptors (Lipinski definition) is 2. The fourth-order valence-electron chi connectivity index (χ4n) is 5.52. The van der Waals surface area contributed by atoms with Gasteiger partial charge in [-0.15, -0.1) is 0 Å². The zero-order valence-electron chi connectivity index (χ0n) is 11.2. The van der Waals surface area contributed by atoms with Crippen LogP contribution in [0, 0.1) is 29.6 Å². The molecule has 5 N–H and O–H groups in total. The molecule has 4 nitrogen and oxygen atoms in total. The Morgan fingerprint density at radius 2 is 1.67 bits per heavy atom. The Kier molecular flexibility index (Phi) is 2.81. The van der Waals surface area contributed by atoms with Crippen LogP contribution in [0.25, 0.3) is 0 Å². The highest BCUT2D eigenvalue weighted by molar-refractivity contribution is 5.72. The molecule has 4 aliphatic rings. The minimum absolute atomic E-state index is 0.311. The molecule has 1 unspecified atom stereocenters. The van der Waals surface area contributed by atoms with Crippen LogP contribution in [0.15, 0.2) is 0 Å². The zero-order valence-corrected chi connectivity index (χ0v) is 11.2. The van der Waals surface area contributed by atoms with Crippen LogP contribution in [0.2, 0.25) is 0 Å². The van der Waals surface area contributed by atoms with E-state index in [4.69, 9.17) is 11.5 Å². The van der Waals surface area contributed by atoms with Crippen molar-refractivity contribution in [3.8, 4) is 0 Å². The minimum atomic E-state index is -0.434. The number of carbonyl (C=O) groups excluding carboxylic acids is 1. The number of carbonyl (C=O) groups is 1. The van der Waals surface area contributed by atoms with Crippen molar-refractivity contribution >= 4 is 6.03 Å². The van der Waals surface area contributed by atoms with Gasteiger partial charge in [0.1, 0.15) is 0 Å². The van der Waals surface area contributed by atoms with E-state index in [1.807, 2.05) is 0 Å². The molecule has 2 amide bonds. The quantitative estimate of drug-likeness (QED) is 0.709. The van der Waals surface area contributed by atoms with Crippen molar-refractivity contribution in [1.82, 2.24) is 5.32 Å². The van der Waals surface area contributed by atoms with Crippen LogP contribution >= 0.6 is 0 Å². The lowest BCUT2D eigenvalue weighted by Gasteiger charge is -2.59. The first-order valence-electron chi connectivity index (χ1n) is 7.29. The number of nitrogens with two attached hydrogens (primary N) is 2. The number of urea groups is 1. The standard InChI is InChI=1S/C14H25N3O/c1-14(7-15,17-13(16)18)12-10-3-8-2-9(5-10)6-11(12)4-8/h8-12H,2-7,15H2,1H3,(H3,16,17,18).